The van der Waals surface area contributed by atoms with E-state index in [2.05, 4.69) is 0 Å². The zero-order chi connectivity index (χ0) is 9.56. The fourth-order valence-corrected chi connectivity index (χ4v) is 0.984. The van der Waals surface area contributed by atoms with Crippen molar-refractivity contribution in [1.29, 1.82) is 0 Å². The number of carbonyl (C=O) groups is 1. The molecule has 70 valence electrons. The molecule has 12 heavy (non-hydrogen) atoms. The Labute approximate surface area is 73.6 Å². The minimum atomic E-state index is -0.392. The molecule has 0 unspecified atom stereocenters. The Balaban J connectivity index is 4.39. The molecule has 0 fully saturated rings. The van der Waals surface area contributed by atoms with Crippen molar-refractivity contribution in [3.63, 3.8) is 0 Å². The monoisotopic (exact) mass is 171 g/mol. The van der Waals surface area contributed by atoms with Crippen LogP contribution in [0.5, 0.6) is 0 Å². The first-order chi connectivity index (χ1) is 5.67. The van der Waals surface area contributed by atoms with Gasteiger partial charge in [-0.25, -0.2) is 4.79 Å². The second kappa shape index (κ2) is 5.63. The van der Waals surface area contributed by atoms with Crippen LogP contribution in [0.1, 0.15) is 33.6 Å². The lowest BCUT2D eigenvalue weighted by Gasteiger charge is -2.06. The quantitative estimate of drug-likeness (QED) is 0.516. The number of nitrogens with two attached hydrogens (primary N) is 1. The van der Waals surface area contributed by atoms with Crippen molar-refractivity contribution < 1.29 is 9.53 Å². The van der Waals surface area contributed by atoms with Crippen LogP contribution < -0.4 is 5.73 Å². The van der Waals surface area contributed by atoms with Gasteiger partial charge in [0, 0.05) is 0 Å². The van der Waals surface area contributed by atoms with E-state index in [1.54, 1.807) is 6.92 Å². The van der Waals surface area contributed by atoms with Gasteiger partial charge in [0.1, 0.15) is 5.70 Å². The van der Waals surface area contributed by atoms with Gasteiger partial charge in [-0.2, -0.15) is 0 Å². The van der Waals surface area contributed by atoms with Crippen LogP contribution in [0, 0.1) is 0 Å². The SMILES string of the molecule is CCOC(=O)C(N)=C(CC)CC. The Morgan fingerprint density at radius 3 is 2.08 bits per heavy atom. The maximum Gasteiger partial charge on any atom is 0.354 e. The molecule has 0 aromatic heterocycles. The molecule has 0 aliphatic heterocycles. The third-order valence-corrected chi connectivity index (χ3v) is 1.73. The molecule has 0 aromatic rings. The van der Waals surface area contributed by atoms with Crippen LogP contribution in [0.4, 0.5) is 0 Å². The van der Waals surface area contributed by atoms with Gasteiger partial charge >= 0.3 is 5.97 Å². The number of carbonyl (C=O) groups excluding carboxylic acids is 1. The Morgan fingerprint density at radius 1 is 1.25 bits per heavy atom. The van der Waals surface area contributed by atoms with E-state index in [4.69, 9.17) is 10.5 Å². The third kappa shape index (κ3) is 2.95. The molecule has 0 radical (unpaired) electrons. The molecule has 0 aliphatic rings. The van der Waals surface area contributed by atoms with E-state index in [1.165, 1.54) is 0 Å². The highest BCUT2D eigenvalue weighted by atomic mass is 16.5. The maximum absolute atomic E-state index is 11.1. The van der Waals surface area contributed by atoms with Crippen molar-refractivity contribution in [2.24, 2.45) is 5.73 Å². The number of ether oxygens (including phenoxy) is 1. The standard InChI is InChI=1S/C9H17NO2/c1-4-7(5-2)8(10)9(11)12-6-3/h4-6,10H2,1-3H3. The molecule has 0 rings (SSSR count). The van der Waals surface area contributed by atoms with E-state index in [0.717, 1.165) is 18.4 Å². The van der Waals surface area contributed by atoms with Crippen LogP contribution in [-0.4, -0.2) is 12.6 Å². The van der Waals surface area contributed by atoms with E-state index in [1.807, 2.05) is 13.8 Å². The van der Waals surface area contributed by atoms with E-state index in [9.17, 15) is 4.79 Å². The number of allylic oxidation sites excluding steroid dienone is 1. The summed E-state index contributed by atoms with van der Waals surface area (Å²) in [5.74, 6) is -0.392. The minimum Gasteiger partial charge on any atom is -0.461 e. The van der Waals surface area contributed by atoms with Crippen LogP contribution in [0.2, 0.25) is 0 Å². The van der Waals surface area contributed by atoms with Gasteiger partial charge in [0.2, 0.25) is 0 Å². The Hall–Kier alpha value is -0.990. The van der Waals surface area contributed by atoms with Gasteiger partial charge in [-0.15, -0.1) is 0 Å². The first-order valence-electron chi connectivity index (χ1n) is 4.31. The lowest BCUT2D eigenvalue weighted by Crippen LogP contribution is -2.17. The van der Waals surface area contributed by atoms with Crippen LogP contribution in [0.15, 0.2) is 11.3 Å². The average molecular weight is 171 g/mol. The molecular formula is C9H17NO2. The molecular weight excluding hydrogens is 154 g/mol. The van der Waals surface area contributed by atoms with Gasteiger partial charge in [-0.3, -0.25) is 0 Å². The molecule has 0 heterocycles. The molecule has 0 aliphatic carbocycles. The summed E-state index contributed by atoms with van der Waals surface area (Å²) >= 11 is 0. The summed E-state index contributed by atoms with van der Waals surface area (Å²) in [4.78, 5) is 11.1. The Bertz CT molecular complexity index is 179. The summed E-state index contributed by atoms with van der Waals surface area (Å²) in [7, 11) is 0. The molecule has 3 heteroatoms. The van der Waals surface area contributed by atoms with Gasteiger partial charge in [0.15, 0.2) is 0 Å². The predicted octanol–water partition coefficient (Wildman–Crippen LogP) is 1.58. The molecule has 0 spiro atoms. The number of rotatable bonds is 4. The first-order valence-corrected chi connectivity index (χ1v) is 4.31. The summed E-state index contributed by atoms with van der Waals surface area (Å²) in [6, 6.07) is 0. The fraction of sp³-hybridized carbons (Fsp3) is 0.667. The first kappa shape index (κ1) is 11.0. The predicted molar refractivity (Wildman–Crippen MR) is 48.4 cm³/mol. The topological polar surface area (TPSA) is 52.3 Å². The molecule has 0 amide bonds. The third-order valence-electron chi connectivity index (χ3n) is 1.73. The van der Waals surface area contributed by atoms with Crippen molar-refractivity contribution in [3.8, 4) is 0 Å². The highest BCUT2D eigenvalue weighted by molar-refractivity contribution is 5.88. The van der Waals surface area contributed by atoms with Crippen molar-refractivity contribution >= 4 is 5.97 Å². The molecule has 2 N–H and O–H groups in total. The fourth-order valence-electron chi connectivity index (χ4n) is 0.984. The second-order valence-electron chi connectivity index (χ2n) is 2.44. The smallest absolute Gasteiger partial charge is 0.354 e. The van der Waals surface area contributed by atoms with Crippen LogP contribution >= 0.6 is 0 Å². The summed E-state index contributed by atoms with van der Waals surface area (Å²) in [6.07, 6.45) is 1.61. The number of hydrogen-bond acceptors (Lipinski definition) is 3. The van der Waals surface area contributed by atoms with Gasteiger partial charge in [0.05, 0.1) is 6.61 Å². The summed E-state index contributed by atoms with van der Waals surface area (Å²) in [5, 5.41) is 0. The van der Waals surface area contributed by atoms with E-state index in [0.29, 0.717) is 6.61 Å². The average Bonchev–Trinajstić information content (AvgIpc) is 2.07. The van der Waals surface area contributed by atoms with E-state index in [-0.39, 0.29) is 5.70 Å². The van der Waals surface area contributed by atoms with Crippen LogP contribution in [0.3, 0.4) is 0 Å². The highest BCUT2D eigenvalue weighted by Crippen LogP contribution is 2.09. The molecule has 3 nitrogen and oxygen atoms in total. The van der Waals surface area contributed by atoms with Gasteiger partial charge in [-0.1, -0.05) is 13.8 Å². The van der Waals surface area contributed by atoms with Crippen molar-refractivity contribution in [2.45, 2.75) is 33.6 Å². The van der Waals surface area contributed by atoms with Crippen molar-refractivity contribution in [1.82, 2.24) is 0 Å². The maximum atomic E-state index is 11.1. The van der Waals surface area contributed by atoms with Crippen LogP contribution in [-0.2, 0) is 9.53 Å². The van der Waals surface area contributed by atoms with Gasteiger partial charge in [-0.05, 0) is 25.3 Å². The largest absolute Gasteiger partial charge is 0.461 e. The Morgan fingerprint density at radius 2 is 1.75 bits per heavy atom. The summed E-state index contributed by atoms with van der Waals surface area (Å²) < 4.78 is 4.77. The van der Waals surface area contributed by atoms with Gasteiger partial charge < -0.3 is 10.5 Å². The molecule has 0 saturated carbocycles. The molecule has 0 aromatic carbocycles. The van der Waals surface area contributed by atoms with Gasteiger partial charge in [0.25, 0.3) is 0 Å². The number of esters is 1. The molecule has 0 bridgehead atoms. The summed E-state index contributed by atoms with van der Waals surface area (Å²) in [6.45, 7) is 6.10. The van der Waals surface area contributed by atoms with Crippen molar-refractivity contribution in [3.05, 3.63) is 11.3 Å². The zero-order valence-electron chi connectivity index (χ0n) is 8.02. The lowest BCUT2D eigenvalue weighted by molar-refractivity contribution is -0.138. The normalized spacial score (nSPS) is 9.25. The van der Waals surface area contributed by atoms with Crippen molar-refractivity contribution in [2.75, 3.05) is 6.61 Å². The molecule has 0 saturated heterocycles. The lowest BCUT2D eigenvalue weighted by atomic mass is 10.1. The summed E-state index contributed by atoms with van der Waals surface area (Å²) in [5.41, 5.74) is 6.82. The Kier molecular flexibility index (Phi) is 5.17. The highest BCUT2D eigenvalue weighted by Gasteiger charge is 2.09. The van der Waals surface area contributed by atoms with Crippen LogP contribution in [0.25, 0.3) is 0 Å². The number of hydrogen-bond donors (Lipinski definition) is 1. The molecule has 0 atom stereocenters. The van der Waals surface area contributed by atoms with E-state index < -0.39 is 5.97 Å². The second-order valence-corrected chi connectivity index (χ2v) is 2.44. The minimum absolute atomic E-state index is 0.279. The van der Waals surface area contributed by atoms with E-state index >= 15 is 0 Å². The zero-order valence-corrected chi connectivity index (χ0v) is 8.02.